The van der Waals surface area contributed by atoms with E-state index < -0.39 is 0 Å². The van der Waals surface area contributed by atoms with Crippen LogP contribution in [0.15, 0.2) is 83.5 Å². The molecular formula is C24H23NO2. The molecule has 0 saturated carbocycles. The van der Waals surface area contributed by atoms with Crippen LogP contribution in [0.1, 0.15) is 22.5 Å². The van der Waals surface area contributed by atoms with Gasteiger partial charge in [-0.2, -0.15) is 0 Å². The highest BCUT2D eigenvalue weighted by molar-refractivity contribution is 5.87. The van der Waals surface area contributed by atoms with Gasteiger partial charge in [0.1, 0.15) is 18.1 Å². The van der Waals surface area contributed by atoms with Crippen LogP contribution in [-0.2, 0) is 19.7 Å². The minimum absolute atomic E-state index is 0.561. The molecule has 27 heavy (non-hydrogen) atoms. The molecule has 3 nitrogen and oxygen atoms in total. The third-order valence-electron chi connectivity index (χ3n) is 4.66. The Bertz CT molecular complexity index is 1020. The van der Waals surface area contributed by atoms with E-state index in [9.17, 15) is 0 Å². The van der Waals surface area contributed by atoms with Crippen LogP contribution in [-0.4, -0.2) is 0 Å². The van der Waals surface area contributed by atoms with Crippen molar-refractivity contribution in [2.45, 2.75) is 26.6 Å². The van der Waals surface area contributed by atoms with E-state index in [-0.39, 0.29) is 0 Å². The van der Waals surface area contributed by atoms with E-state index in [0.717, 1.165) is 11.5 Å². The van der Waals surface area contributed by atoms with E-state index in [1.54, 1.807) is 6.26 Å². The molecule has 0 atom stereocenters. The Kier molecular flexibility index (Phi) is 5.22. The minimum atomic E-state index is 0.561. The van der Waals surface area contributed by atoms with Crippen LogP contribution >= 0.6 is 0 Å². The van der Waals surface area contributed by atoms with Gasteiger partial charge in [-0.05, 0) is 41.5 Å². The quantitative estimate of drug-likeness (QED) is 0.467. The van der Waals surface area contributed by atoms with E-state index in [1.165, 1.54) is 27.5 Å². The number of hydrogen-bond donors (Lipinski definition) is 1. The first-order chi connectivity index (χ1) is 13.3. The SMILES string of the molecule is Cc1cccc(COc2ccc3ccccc3c2CNCc2ccco2)c1. The molecule has 0 amide bonds. The standard InChI is InChI=1S/C24H23NO2/c1-18-6-4-7-19(14-18)17-27-24-12-11-20-8-2-3-10-22(20)23(24)16-25-15-21-9-5-13-26-21/h2-14,25H,15-17H2,1H3. The average molecular weight is 357 g/mol. The van der Waals surface area contributed by atoms with Crippen LogP contribution in [0.2, 0.25) is 0 Å². The first-order valence-electron chi connectivity index (χ1n) is 9.22. The zero-order valence-corrected chi connectivity index (χ0v) is 15.4. The highest BCUT2D eigenvalue weighted by atomic mass is 16.5. The molecule has 1 heterocycles. The van der Waals surface area contributed by atoms with Gasteiger partial charge < -0.3 is 14.5 Å². The summed E-state index contributed by atoms with van der Waals surface area (Å²) in [6.07, 6.45) is 1.70. The molecule has 3 heteroatoms. The number of benzene rings is 3. The largest absolute Gasteiger partial charge is 0.489 e. The second-order valence-electron chi connectivity index (χ2n) is 6.72. The maximum atomic E-state index is 6.21. The summed E-state index contributed by atoms with van der Waals surface area (Å²) >= 11 is 0. The van der Waals surface area contributed by atoms with Crippen molar-refractivity contribution in [1.29, 1.82) is 0 Å². The minimum Gasteiger partial charge on any atom is -0.489 e. The number of aryl methyl sites for hydroxylation is 1. The fourth-order valence-corrected chi connectivity index (χ4v) is 3.32. The molecule has 1 N–H and O–H groups in total. The summed E-state index contributed by atoms with van der Waals surface area (Å²) in [6.45, 7) is 4.06. The normalized spacial score (nSPS) is 11.0. The summed E-state index contributed by atoms with van der Waals surface area (Å²) in [7, 11) is 0. The molecule has 136 valence electrons. The second kappa shape index (κ2) is 8.11. The topological polar surface area (TPSA) is 34.4 Å². The van der Waals surface area contributed by atoms with Crippen molar-refractivity contribution >= 4 is 10.8 Å². The second-order valence-corrected chi connectivity index (χ2v) is 6.72. The highest BCUT2D eigenvalue weighted by Crippen LogP contribution is 2.29. The van der Waals surface area contributed by atoms with E-state index in [2.05, 4.69) is 72.9 Å². The van der Waals surface area contributed by atoms with Gasteiger partial charge in [-0.15, -0.1) is 0 Å². The number of rotatable bonds is 7. The van der Waals surface area contributed by atoms with Crippen LogP contribution in [0.3, 0.4) is 0 Å². The van der Waals surface area contributed by atoms with E-state index in [1.807, 2.05) is 12.1 Å². The molecule has 0 aliphatic heterocycles. The van der Waals surface area contributed by atoms with E-state index in [0.29, 0.717) is 19.7 Å². The Balaban J connectivity index is 1.56. The molecule has 0 fully saturated rings. The lowest BCUT2D eigenvalue weighted by molar-refractivity contribution is 0.302. The van der Waals surface area contributed by atoms with Gasteiger partial charge in [0.25, 0.3) is 0 Å². The van der Waals surface area contributed by atoms with Gasteiger partial charge in [-0.1, -0.05) is 60.2 Å². The summed E-state index contributed by atoms with van der Waals surface area (Å²) in [5, 5.41) is 5.90. The summed E-state index contributed by atoms with van der Waals surface area (Å²) < 4.78 is 11.6. The summed E-state index contributed by atoms with van der Waals surface area (Å²) in [6, 6.07) is 24.9. The maximum Gasteiger partial charge on any atom is 0.124 e. The molecule has 0 radical (unpaired) electrons. The molecule has 4 rings (SSSR count). The molecule has 1 aromatic heterocycles. The first-order valence-corrected chi connectivity index (χ1v) is 9.22. The Labute approximate surface area is 159 Å². The molecule has 0 spiro atoms. The smallest absolute Gasteiger partial charge is 0.124 e. The fourth-order valence-electron chi connectivity index (χ4n) is 3.32. The predicted molar refractivity (Wildman–Crippen MR) is 109 cm³/mol. The van der Waals surface area contributed by atoms with Gasteiger partial charge in [0.05, 0.1) is 12.8 Å². The van der Waals surface area contributed by atoms with Gasteiger partial charge in [0, 0.05) is 12.1 Å². The van der Waals surface area contributed by atoms with Gasteiger partial charge in [-0.25, -0.2) is 0 Å². The first kappa shape index (κ1) is 17.4. The predicted octanol–water partition coefficient (Wildman–Crippen LogP) is 5.61. The Morgan fingerprint density at radius 1 is 0.889 bits per heavy atom. The number of nitrogens with one attached hydrogen (secondary N) is 1. The van der Waals surface area contributed by atoms with E-state index in [4.69, 9.17) is 9.15 Å². The third-order valence-corrected chi connectivity index (χ3v) is 4.66. The number of furan rings is 1. The average Bonchev–Trinajstić information content (AvgIpc) is 3.20. The fraction of sp³-hybridized carbons (Fsp3) is 0.167. The Morgan fingerprint density at radius 3 is 2.67 bits per heavy atom. The monoisotopic (exact) mass is 357 g/mol. The van der Waals surface area contributed by atoms with Crippen molar-refractivity contribution in [1.82, 2.24) is 5.32 Å². The van der Waals surface area contributed by atoms with E-state index >= 15 is 0 Å². The molecule has 0 bridgehead atoms. The van der Waals surface area contributed by atoms with Gasteiger partial charge in [0.2, 0.25) is 0 Å². The van der Waals surface area contributed by atoms with Crippen LogP contribution in [0, 0.1) is 6.92 Å². The van der Waals surface area contributed by atoms with Crippen molar-refractivity contribution in [2.24, 2.45) is 0 Å². The number of ether oxygens (including phenoxy) is 1. The Hall–Kier alpha value is -3.04. The molecule has 0 saturated heterocycles. The molecule has 3 aromatic carbocycles. The van der Waals surface area contributed by atoms with Gasteiger partial charge >= 0.3 is 0 Å². The van der Waals surface area contributed by atoms with Crippen molar-refractivity contribution in [3.8, 4) is 5.75 Å². The lowest BCUT2D eigenvalue weighted by atomic mass is 10.0. The van der Waals surface area contributed by atoms with Crippen LogP contribution in [0.4, 0.5) is 0 Å². The Morgan fingerprint density at radius 2 is 1.81 bits per heavy atom. The van der Waals surface area contributed by atoms with Gasteiger partial charge in [0.15, 0.2) is 0 Å². The van der Waals surface area contributed by atoms with Crippen LogP contribution in [0.25, 0.3) is 10.8 Å². The zero-order chi connectivity index (χ0) is 18.5. The lowest BCUT2D eigenvalue weighted by Crippen LogP contribution is -2.13. The van der Waals surface area contributed by atoms with Crippen molar-refractivity contribution in [3.63, 3.8) is 0 Å². The van der Waals surface area contributed by atoms with Crippen molar-refractivity contribution < 1.29 is 9.15 Å². The van der Waals surface area contributed by atoms with Crippen LogP contribution in [0.5, 0.6) is 5.75 Å². The van der Waals surface area contributed by atoms with Crippen molar-refractivity contribution in [2.75, 3.05) is 0 Å². The van der Waals surface area contributed by atoms with Crippen LogP contribution < -0.4 is 10.1 Å². The highest BCUT2D eigenvalue weighted by Gasteiger charge is 2.10. The zero-order valence-electron chi connectivity index (χ0n) is 15.4. The molecule has 4 aromatic rings. The van der Waals surface area contributed by atoms with Gasteiger partial charge in [-0.3, -0.25) is 0 Å². The molecule has 0 unspecified atom stereocenters. The maximum absolute atomic E-state index is 6.21. The summed E-state index contributed by atoms with van der Waals surface area (Å²) in [5.74, 6) is 1.85. The molecule has 0 aliphatic rings. The molecular weight excluding hydrogens is 334 g/mol. The number of fused-ring (bicyclic) bond motifs is 1. The summed E-state index contributed by atoms with van der Waals surface area (Å²) in [5.41, 5.74) is 3.60. The summed E-state index contributed by atoms with van der Waals surface area (Å²) in [4.78, 5) is 0. The van der Waals surface area contributed by atoms with Crippen molar-refractivity contribution in [3.05, 3.63) is 102 Å². The lowest BCUT2D eigenvalue weighted by Gasteiger charge is -2.15. The third kappa shape index (κ3) is 4.21. The number of hydrogen-bond acceptors (Lipinski definition) is 3. The molecule has 0 aliphatic carbocycles.